The van der Waals surface area contributed by atoms with Crippen molar-refractivity contribution < 1.29 is 4.79 Å². The van der Waals surface area contributed by atoms with E-state index in [2.05, 4.69) is 29.6 Å². The summed E-state index contributed by atoms with van der Waals surface area (Å²) in [5, 5.41) is 3.60. The van der Waals surface area contributed by atoms with E-state index in [9.17, 15) is 4.79 Å². The molecule has 2 heterocycles. The molecule has 2 aromatic carbocycles. The van der Waals surface area contributed by atoms with E-state index in [1.165, 1.54) is 24.0 Å². The smallest absolute Gasteiger partial charge is 0.166 e. The van der Waals surface area contributed by atoms with Gasteiger partial charge in [-0.3, -0.25) is 4.79 Å². The lowest BCUT2D eigenvalue weighted by Gasteiger charge is -2.28. The van der Waals surface area contributed by atoms with Gasteiger partial charge in [0.15, 0.2) is 5.78 Å². The molecule has 2 bridgehead atoms. The van der Waals surface area contributed by atoms with Crippen LogP contribution in [0.25, 0.3) is 11.1 Å². The van der Waals surface area contributed by atoms with Gasteiger partial charge in [0.05, 0.1) is 0 Å². The summed E-state index contributed by atoms with van der Waals surface area (Å²) in [6, 6.07) is 19.6. The first-order valence-electron chi connectivity index (χ1n) is 8.25. The minimum Gasteiger partial charge on any atom is -0.311 e. The molecule has 4 rings (SSSR count). The molecule has 0 amide bonds. The molecule has 2 aliphatic rings. The zero-order chi connectivity index (χ0) is 14.9. The van der Waals surface area contributed by atoms with Gasteiger partial charge in [-0.25, -0.2) is 0 Å². The summed E-state index contributed by atoms with van der Waals surface area (Å²) in [4.78, 5) is 12.7. The monoisotopic (exact) mass is 291 g/mol. The van der Waals surface area contributed by atoms with E-state index in [1.54, 1.807) is 0 Å². The average molecular weight is 291 g/mol. The highest BCUT2D eigenvalue weighted by atomic mass is 16.1. The fraction of sp³-hybridized carbons (Fsp3) is 0.350. The topological polar surface area (TPSA) is 29.1 Å². The van der Waals surface area contributed by atoms with Gasteiger partial charge in [-0.05, 0) is 36.8 Å². The Morgan fingerprint density at radius 2 is 1.41 bits per heavy atom. The van der Waals surface area contributed by atoms with Crippen molar-refractivity contribution >= 4 is 5.78 Å². The van der Waals surface area contributed by atoms with Crippen LogP contribution >= 0.6 is 0 Å². The van der Waals surface area contributed by atoms with Crippen LogP contribution in [0.2, 0.25) is 0 Å². The third-order valence-corrected chi connectivity index (χ3v) is 5.12. The molecule has 2 atom stereocenters. The van der Waals surface area contributed by atoms with Crippen molar-refractivity contribution in [3.63, 3.8) is 0 Å². The van der Waals surface area contributed by atoms with Crippen LogP contribution in [0.15, 0.2) is 54.6 Å². The van der Waals surface area contributed by atoms with Gasteiger partial charge < -0.3 is 5.32 Å². The molecule has 1 N–H and O–H groups in total. The number of nitrogens with one attached hydrogen (secondary N) is 1. The summed E-state index contributed by atoms with van der Waals surface area (Å²) >= 11 is 0. The molecule has 0 saturated carbocycles. The molecule has 2 aliphatic heterocycles. The number of fused-ring (bicyclic) bond motifs is 2. The van der Waals surface area contributed by atoms with Crippen molar-refractivity contribution in [1.82, 2.24) is 5.32 Å². The van der Waals surface area contributed by atoms with E-state index in [0.717, 1.165) is 18.4 Å². The van der Waals surface area contributed by atoms with Gasteiger partial charge in [0.1, 0.15) is 0 Å². The highest BCUT2D eigenvalue weighted by Crippen LogP contribution is 2.33. The number of hydrogen-bond donors (Lipinski definition) is 1. The fourth-order valence-electron chi connectivity index (χ4n) is 3.96. The Balaban J connectivity index is 1.52. The van der Waals surface area contributed by atoms with E-state index in [1.807, 2.05) is 30.3 Å². The standard InChI is InChI=1S/C20H21NO/c22-20(17-12-18-10-11-19(13-17)21-18)16-8-6-15(7-9-16)14-4-2-1-3-5-14/h1-9,17-19,21H,10-13H2. The predicted molar refractivity (Wildman–Crippen MR) is 88.9 cm³/mol. The number of Topliss-reactive ketones (excluding diaryl/α,β-unsaturated/α-hetero) is 1. The molecule has 2 nitrogen and oxygen atoms in total. The van der Waals surface area contributed by atoms with Crippen LogP contribution in [0.3, 0.4) is 0 Å². The van der Waals surface area contributed by atoms with Crippen molar-refractivity contribution in [2.24, 2.45) is 5.92 Å². The minimum absolute atomic E-state index is 0.210. The van der Waals surface area contributed by atoms with E-state index < -0.39 is 0 Å². The lowest BCUT2D eigenvalue weighted by atomic mass is 9.85. The molecular weight excluding hydrogens is 270 g/mol. The quantitative estimate of drug-likeness (QED) is 0.864. The lowest BCUT2D eigenvalue weighted by Crippen LogP contribution is -2.40. The van der Waals surface area contributed by atoms with E-state index in [0.29, 0.717) is 17.9 Å². The van der Waals surface area contributed by atoms with Crippen molar-refractivity contribution in [3.05, 3.63) is 60.2 Å². The van der Waals surface area contributed by atoms with Gasteiger partial charge in [0.25, 0.3) is 0 Å². The maximum absolute atomic E-state index is 12.7. The van der Waals surface area contributed by atoms with Crippen LogP contribution in [0.4, 0.5) is 0 Å². The summed E-state index contributed by atoms with van der Waals surface area (Å²) in [6.45, 7) is 0. The maximum Gasteiger partial charge on any atom is 0.166 e. The second kappa shape index (κ2) is 5.69. The van der Waals surface area contributed by atoms with Crippen LogP contribution in [-0.4, -0.2) is 17.9 Å². The molecule has 2 heteroatoms. The number of carbonyl (C=O) groups excluding carboxylic acids is 1. The third kappa shape index (κ3) is 2.59. The Morgan fingerprint density at radius 1 is 0.818 bits per heavy atom. The largest absolute Gasteiger partial charge is 0.311 e. The SMILES string of the molecule is O=C(c1ccc(-c2ccccc2)cc1)C1CC2CCC(C1)N2. The van der Waals surface area contributed by atoms with E-state index >= 15 is 0 Å². The molecule has 112 valence electrons. The van der Waals surface area contributed by atoms with Crippen LogP contribution in [-0.2, 0) is 0 Å². The van der Waals surface area contributed by atoms with Gasteiger partial charge >= 0.3 is 0 Å². The van der Waals surface area contributed by atoms with Gasteiger partial charge in [-0.15, -0.1) is 0 Å². The molecule has 0 aromatic heterocycles. The zero-order valence-corrected chi connectivity index (χ0v) is 12.7. The van der Waals surface area contributed by atoms with Crippen LogP contribution in [0.5, 0.6) is 0 Å². The number of hydrogen-bond acceptors (Lipinski definition) is 2. The lowest BCUT2D eigenvalue weighted by molar-refractivity contribution is 0.0875. The minimum atomic E-state index is 0.210. The van der Waals surface area contributed by atoms with Crippen molar-refractivity contribution in [3.8, 4) is 11.1 Å². The first kappa shape index (κ1) is 13.7. The Bertz CT molecular complexity index is 650. The van der Waals surface area contributed by atoms with Crippen LogP contribution in [0.1, 0.15) is 36.0 Å². The van der Waals surface area contributed by atoms with Crippen molar-refractivity contribution in [2.75, 3.05) is 0 Å². The van der Waals surface area contributed by atoms with E-state index in [4.69, 9.17) is 0 Å². The molecule has 0 radical (unpaired) electrons. The second-order valence-electron chi connectivity index (χ2n) is 6.61. The molecule has 2 unspecified atom stereocenters. The normalized spacial score (nSPS) is 26.8. The molecule has 2 aromatic rings. The molecule has 0 aliphatic carbocycles. The summed E-state index contributed by atoms with van der Waals surface area (Å²) in [5.74, 6) is 0.541. The summed E-state index contributed by atoms with van der Waals surface area (Å²) in [5.41, 5.74) is 3.23. The highest BCUT2D eigenvalue weighted by molar-refractivity contribution is 5.98. The number of benzene rings is 2. The van der Waals surface area contributed by atoms with Gasteiger partial charge in [0, 0.05) is 23.6 Å². The second-order valence-corrected chi connectivity index (χ2v) is 6.61. The maximum atomic E-state index is 12.7. The number of ketones is 1. The molecule has 2 fully saturated rings. The Kier molecular flexibility index (Phi) is 3.55. The average Bonchev–Trinajstić information content (AvgIpc) is 2.93. The molecule has 0 spiro atoms. The Labute approximate surface area is 131 Å². The summed E-state index contributed by atoms with van der Waals surface area (Å²) < 4.78 is 0. The Morgan fingerprint density at radius 3 is 2.05 bits per heavy atom. The molecule has 2 saturated heterocycles. The van der Waals surface area contributed by atoms with Crippen LogP contribution < -0.4 is 5.32 Å². The van der Waals surface area contributed by atoms with Crippen molar-refractivity contribution in [2.45, 2.75) is 37.8 Å². The van der Waals surface area contributed by atoms with Gasteiger partial charge in [-0.2, -0.15) is 0 Å². The molecular formula is C20H21NO. The summed E-state index contributed by atoms with van der Waals surface area (Å²) in [7, 11) is 0. The first-order chi connectivity index (χ1) is 10.8. The van der Waals surface area contributed by atoms with E-state index in [-0.39, 0.29) is 5.92 Å². The fourth-order valence-corrected chi connectivity index (χ4v) is 3.96. The van der Waals surface area contributed by atoms with Crippen molar-refractivity contribution in [1.29, 1.82) is 0 Å². The zero-order valence-electron chi connectivity index (χ0n) is 12.7. The number of carbonyl (C=O) groups is 1. The number of rotatable bonds is 3. The van der Waals surface area contributed by atoms with Crippen LogP contribution in [0, 0.1) is 5.92 Å². The predicted octanol–water partition coefficient (Wildman–Crippen LogP) is 4.07. The number of piperidine rings is 1. The third-order valence-electron chi connectivity index (χ3n) is 5.12. The molecule has 22 heavy (non-hydrogen) atoms. The van der Waals surface area contributed by atoms with Gasteiger partial charge in [0.2, 0.25) is 0 Å². The van der Waals surface area contributed by atoms with Gasteiger partial charge in [-0.1, -0.05) is 54.6 Å². The highest BCUT2D eigenvalue weighted by Gasteiger charge is 2.36. The Hall–Kier alpha value is -1.93. The summed E-state index contributed by atoms with van der Waals surface area (Å²) in [6.07, 6.45) is 4.49. The first-order valence-corrected chi connectivity index (χ1v) is 8.25.